The maximum atomic E-state index is 12.5. The molecule has 0 radical (unpaired) electrons. The molecule has 12 heteroatoms. The molecule has 0 aliphatic carbocycles. The molecule has 1 atom stereocenters. The lowest BCUT2D eigenvalue weighted by atomic mass is 10.1. The minimum atomic E-state index is -4.87. The monoisotopic (exact) mass is 468 g/mol. The first-order valence-electron chi connectivity index (χ1n) is 9.47. The summed E-state index contributed by atoms with van der Waals surface area (Å²) in [5.41, 5.74) is -1.42. The van der Waals surface area contributed by atoms with Gasteiger partial charge in [-0.25, -0.2) is 17.9 Å². The molecule has 0 unspecified atom stereocenters. The Morgan fingerprint density at radius 2 is 1.81 bits per heavy atom. The van der Waals surface area contributed by atoms with Crippen LogP contribution in [0.25, 0.3) is 0 Å². The Kier molecular flexibility index (Phi) is 7.18. The molecule has 1 amide bonds. The van der Waals surface area contributed by atoms with E-state index in [9.17, 15) is 26.4 Å². The van der Waals surface area contributed by atoms with E-state index in [1.165, 1.54) is 4.90 Å². The lowest BCUT2D eigenvalue weighted by molar-refractivity contribution is -0.274. The molecule has 8 nitrogen and oxygen atoms in total. The predicted molar refractivity (Wildman–Crippen MR) is 105 cm³/mol. The van der Waals surface area contributed by atoms with E-state index in [0.717, 1.165) is 24.3 Å². The number of rotatable bonds is 5. The average molecular weight is 468 g/mol. The largest absolute Gasteiger partial charge is 0.573 e. The fraction of sp³-hybridized carbons (Fsp3) is 0.632. The molecule has 31 heavy (non-hydrogen) atoms. The minimum Gasteiger partial charge on any atom is -0.444 e. The molecule has 176 valence electrons. The van der Waals surface area contributed by atoms with E-state index >= 15 is 0 Å². The van der Waals surface area contributed by atoms with Gasteiger partial charge in [-0.3, -0.25) is 0 Å². The van der Waals surface area contributed by atoms with Crippen LogP contribution in [0.1, 0.15) is 34.6 Å². The van der Waals surface area contributed by atoms with Crippen LogP contribution in [0.2, 0.25) is 0 Å². The molecule has 1 aliphatic heterocycles. The Balaban J connectivity index is 2.03. The first-order valence-corrected chi connectivity index (χ1v) is 11.0. The summed E-state index contributed by atoms with van der Waals surface area (Å²) in [6.07, 6.45) is -6.06. The van der Waals surface area contributed by atoms with Crippen LogP contribution < -0.4 is 9.46 Å². The van der Waals surface area contributed by atoms with Crippen molar-refractivity contribution < 1.29 is 40.6 Å². The molecule has 0 aromatic heterocycles. The van der Waals surface area contributed by atoms with Crippen molar-refractivity contribution in [2.24, 2.45) is 0 Å². The van der Waals surface area contributed by atoms with Crippen LogP contribution in [0.3, 0.4) is 0 Å². The lowest BCUT2D eigenvalue weighted by Crippen LogP contribution is -2.57. The molecule has 0 spiro atoms. The number of amides is 1. The fourth-order valence-electron chi connectivity index (χ4n) is 2.97. The van der Waals surface area contributed by atoms with Crippen LogP contribution in [-0.2, 0) is 19.5 Å². The van der Waals surface area contributed by atoms with E-state index in [2.05, 4.69) is 9.46 Å². The number of morpholine rings is 1. The molecule has 1 heterocycles. The highest BCUT2D eigenvalue weighted by atomic mass is 32.2. The molecule has 1 aromatic rings. The number of ether oxygens (including phenoxy) is 3. The van der Waals surface area contributed by atoms with Crippen molar-refractivity contribution in [1.82, 2.24) is 9.62 Å². The van der Waals surface area contributed by atoms with Crippen LogP contribution in [-0.4, -0.2) is 62.7 Å². The van der Waals surface area contributed by atoms with Crippen LogP contribution in [0.15, 0.2) is 29.2 Å². The van der Waals surface area contributed by atoms with Gasteiger partial charge < -0.3 is 19.1 Å². The smallest absolute Gasteiger partial charge is 0.444 e. The third-order valence-electron chi connectivity index (χ3n) is 4.00. The fourth-order valence-corrected chi connectivity index (χ4v) is 4.04. The van der Waals surface area contributed by atoms with Crippen molar-refractivity contribution in [3.8, 4) is 5.75 Å². The van der Waals surface area contributed by atoms with Crippen molar-refractivity contribution >= 4 is 16.1 Å². The van der Waals surface area contributed by atoms with E-state index in [0.29, 0.717) is 0 Å². The van der Waals surface area contributed by atoms with Gasteiger partial charge in [0.25, 0.3) is 0 Å². The Morgan fingerprint density at radius 3 is 2.32 bits per heavy atom. The molecule has 1 saturated heterocycles. The van der Waals surface area contributed by atoms with E-state index in [-0.39, 0.29) is 24.5 Å². The first-order chi connectivity index (χ1) is 14.0. The molecule has 0 saturated carbocycles. The number of hydrogen-bond donors (Lipinski definition) is 1. The van der Waals surface area contributed by atoms with Crippen molar-refractivity contribution in [1.29, 1.82) is 0 Å². The average Bonchev–Trinajstić information content (AvgIpc) is 2.56. The molecule has 1 aliphatic rings. The molecule has 1 N–H and O–H groups in total. The van der Waals surface area contributed by atoms with Gasteiger partial charge in [-0.15, -0.1) is 13.2 Å². The number of nitrogens with one attached hydrogen (secondary N) is 1. The molecule has 0 bridgehead atoms. The van der Waals surface area contributed by atoms with Crippen molar-refractivity contribution in [2.45, 2.75) is 63.2 Å². The maximum Gasteiger partial charge on any atom is 0.573 e. The second-order valence-electron chi connectivity index (χ2n) is 8.73. The molecular formula is C19H27F3N2O6S. The maximum absolute atomic E-state index is 12.5. The van der Waals surface area contributed by atoms with Gasteiger partial charge in [-0.2, -0.15) is 0 Å². The molecule has 1 aromatic carbocycles. The number of halogens is 3. The van der Waals surface area contributed by atoms with Crippen LogP contribution >= 0.6 is 0 Å². The zero-order chi connectivity index (χ0) is 23.7. The highest BCUT2D eigenvalue weighted by Crippen LogP contribution is 2.25. The van der Waals surface area contributed by atoms with E-state index < -0.39 is 45.5 Å². The summed E-state index contributed by atoms with van der Waals surface area (Å²) in [4.78, 5) is 13.6. The van der Waals surface area contributed by atoms with Gasteiger partial charge in [0.05, 0.1) is 29.7 Å². The van der Waals surface area contributed by atoms with E-state index in [1.807, 2.05) is 0 Å². The van der Waals surface area contributed by atoms with Gasteiger partial charge in [0.2, 0.25) is 10.0 Å². The normalized spacial score (nSPS) is 19.7. The van der Waals surface area contributed by atoms with Gasteiger partial charge in [0.15, 0.2) is 0 Å². The minimum absolute atomic E-state index is 0.110. The second kappa shape index (κ2) is 8.83. The van der Waals surface area contributed by atoms with Gasteiger partial charge in [0.1, 0.15) is 11.4 Å². The number of benzene rings is 1. The van der Waals surface area contributed by atoms with Crippen molar-refractivity contribution in [3.63, 3.8) is 0 Å². The third-order valence-corrected chi connectivity index (χ3v) is 5.44. The van der Waals surface area contributed by atoms with Gasteiger partial charge >= 0.3 is 12.5 Å². The summed E-state index contributed by atoms with van der Waals surface area (Å²) < 4.78 is 79.1. The van der Waals surface area contributed by atoms with Gasteiger partial charge in [-0.1, -0.05) is 0 Å². The second-order valence-corrected chi connectivity index (χ2v) is 10.5. The van der Waals surface area contributed by atoms with Crippen LogP contribution in [0.4, 0.5) is 18.0 Å². The Labute approximate surface area is 179 Å². The number of alkyl halides is 3. The highest BCUT2D eigenvalue weighted by molar-refractivity contribution is 7.89. The summed E-state index contributed by atoms with van der Waals surface area (Å²) in [6, 6.07) is 3.82. The summed E-state index contributed by atoms with van der Waals surface area (Å²) >= 11 is 0. The zero-order valence-electron chi connectivity index (χ0n) is 17.9. The van der Waals surface area contributed by atoms with Gasteiger partial charge in [-0.05, 0) is 58.9 Å². The Hall–Kier alpha value is -2.05. The summed E-state index contributed by atoms with van der Waals surface area (Å²) in [6.45, 7) is 9.00. The quantitative estimate of drug-likeness (QED) is 0.713. The number of carbonyl (C=O) groups excluding carboxylic acids is 1. The summed E-state index contributed by atoms with van der Waals surface area (Å²) in [5.74, 6) is -0.531. The Bertz CT molecular complexity index is 879. The third kappa shape index (κ3) is 8.19. The summed E-state index contributed by atoms with van der Waals surface area (Å²) in [5, 5.41) is 0. The SMILES string of the molecule is CC(C)(C)OC(=O)N1C[C@H](CNS(=O)(=O)c2ccc(OC(F)(F)F)cc2)OC(C)(C)C1. The number of hydrogen-bond acceptors (Lipinski definition) is 6. The van der Waals surface area contributed by atoms with Crippen LogP contribution in [0.5, 0.6) is 5.75 Å². The highest BCUT2D eigenvalue weighted by Gasteiger charge is 2.38. The standard InChI is InChI=1S/C19H27F3N2O6S/c1-17(2,3)30-16(25)24-11-14(28-18(4,5)12-24)10-23-31(26,27)15-8-6-13(7-9-15)29-19(20,21)22/h6-9,14,23H,10-12H2,1-5H3/t14-/m0/s1. The van der Waals surface area contributed by atoms with Crippen molar-refractivity contribution in [3.05, 3.63) is 24.3 Å². The molecule has 2 rings (SSSR count). The Morgan fingerprint density at radius 1 is 1.23 bits per heavy atom. The van der Waals surface area contributed by atoms with Crippen molar-refractivity contribution in [2.75, 3.05) is 19.6 Å². The zero-order valence-corrected chi connectivity index (χ0v) is 18.8. The topological polar surface area (TPSA) is 94.2 Å². The van der Waals surface area contributed by atoms with E-state index in [4.69, 9.17) is 9.47 Å². The van der Waals surface area contributed by atoms with Gasteiger partial charge in [0, 0.05) is 6.54 Å². The first kappa shape index (κ1) is 25.2. The number of carbonyl (C=O) groups is 1. The summed E-state index contributed by atoms with van der Waals surface area (Å²) in [7, 11) is -4.03. The van der Waals surface area contributed by atoms with E-state index in [1.54, 1.807) is 34.6 Å². The molecule has 1 fully saturated rings. The number of sulfonamides is 1. The number of nitrogens with zero attached hydrogens (tertiary/aromatic N) is 1. The lowest BCUT2D eigenvalue weighted by Gasteiger charge is -2.42. The molecular weight excluding hydrogens is 441 g/mol. The predicted octanol–water partition coefficient (Wildman–Crippen LogP) is 3.28. The van der Waals surface area contributed by atoms with Crippen LogP contribution in [0, 0.1) is 0 Å².